The third-order valence-corrected chi connectivity index (χ3v) is 4.90. The normalized spacial score (nSPS) is 22.4. The Labute approximate surface area is 138 Å². The summed E-state index contributed by atoms with van der Waals surface area (Å²) in [6, 6.07) is 2.24. The highest BCUT2D eigenvalue weighted by Gasteiger charge is 2.46. The van der Waals surface area contributed by atoms with Crippen molar-refractivity contribution in [2.75, 3.05) is 4.90 Å². The van der Waals surface area contributed by atoms with Crippen molar-refractivity contribution in [3.05, 3.63) is 41.2 Å². The SMILES string of the molecule is CC(=O)C1=C(O)C(=O)N(c2ccc(F)cc2F)C1C1CCCCC1. The van der Waals surface area contributed by atoms with E-state index in [4.69, 9.17) is 0 Å². The van der Waals surface area contributed by atoms with Crippen molar-refractivity contribution >= 4 is 17.4 Å². The number of amides is 1. The number of nitrogens with zero attached hydrogens (tertiary/aromatic N) is 1. The fourth-order valence-electron chi connectivity index (χ4n) is 3.83. The van der Waals surface area contributed by atoms with Crippen LogP contribution in [-0.4, -0.2) is 22.8 Å². The van der Waals surface area contributed by atoms with Gasteiger partial charge in [-0.3, -0.25) is 14.5 Å². The molecule has 1 N–H and O–H groups in total. The molecule has 6 heteroatoms. The second-order valence-electron chi connectivity index (χ2n) is 6.43. The molecular formula is C18H19F2NO3. The zero-order valence-electron chi connectivity index (χ0n) is 13.4. The van der Waals surface area contributed by atoms with Gasteiger partial charge in [0.2, 0.25) is 0 Å². The third kappa shape index (κ3) is 2.70. The molecule has 3 rings (SSSR count). The molecule has 0 radical (unpaired) electrons. The molecule has 1 aromatic rings. The Kier molecular flexibility index (Phi) is 4.39. The van der Waals surface area contributed by atoms with Gasteiger partial charge in [0.15, 0.2) is 11.5 Å². The largest absolute Gasteiger partial charge is 0.503 e. The number of rotatable bonds is 3. The van der Waals surface area contributed by atoms with Gasteiger partial charge < -0.3 is 5.11 Å². The van der Waals surface area contributed by atoms with E-state index in [1.54, 1.807) is 0 Å². The maximum Gasteiger partial charge on any atom is 0.294 e. The number of halogens is 2. The van der Waals surface area contributed by atoms with Gasteiger partial charge in [-0.25, -0.2) is 8.78 Å². The van der Waals surface area contributed by atoms with Gasteiger partial charge in [-0.2, -0.15) is 0 Å². The lowest BCUT2D eigenvalue weighted by Gasteiger charge is -2.35. The molecule has 24 heavy (non-hydrogen) atoms. The highest BCUT2D eigenvalue weighted by molar-refractivity contribution is 6.16. The van der Waals surface area contributed by atoms with Crippen LogP contribution < -0.4 is 4.90 Å². The van der Waals surface area contributed by atoms with E-state index < -0.39 is 35.1 Å². The number of aliphatic hydroxyl groups is 1. The van der Waals surface area contributed by atoms with Gasteiger partial charge in [0.05, 0.1) is 17.3 Å². The van der Waals surface area contributed by atoms with E-state index in [2.05, 4.69) is 0 Å². The summed E-state index contributed by atoms with van der Waals surface area (Å²) in [7, 11) is 0. The van der Waals surface area contributed by atoms with Gasteiger partial charge in [0.1, 0.15) is 11.6 Å². The van der Waals surface area contributed by atoms with E-state index in [1.807, 2.05) is 0 Å². The van der Waals surface area contributed by atoms with E-state index in [0.29, 0.717) is 6.07 Å². The first-order chi connectivity index (χ1) is 11.4. The first-order valence-electron chi connectivity index (χ1n) is 8.14. The predicted molar refractivity (Wildman–Crippen MR) is 84.5 cm³/mol. The molecule has 0 aromatic heterocycles. The van der Waals surface area contributed by atoms with E-state index in [1.165, 1.54) is 13.0 Å². The standard InChI is InChI=1S/C18H19F2NO3/c1-10(22)15-16(11-5-3-2-4-6-11)21(18(24)17(15)23)14-8-7-12(19)9-13(14)20/h7-9,11,16,23H,2-6H2,1H3. The minimum absolute atomic E-state index is 0.0318. The number of aliphatic hydroxyl groups excluding tert-OH is 1. The molecule has 1 aromatic carbocycles. The van der Waals surface area contributed by atoms with Crippen LogP contribution in [0.4, 0.5) is 14.5 Å². The van der Waals surface area contributed by atoms with Crippen molar-refractivity contribution in [3.8, 4) is 0 Å². The molecule has 0 bridgehead atoms. The number of carbonyl (C=O) groups excluding carboxylic acids is 2. The maximum absolute atomic E-state index is 14.3. The van der Waals surface area contributed by atoms with Crippen molar-refractivity contribution in [2.24, 2.45) is 5.92 Å². The van der Waals surface area contributed by atoms with Crippen LogP contribution in [0.2, 0.25) is 0 Å². The predicted octanol–water partition coefficient (Wildman–Crippen LogP) is 3.66. The molecule has 1 fully saturated rings. The summed E-state index contributed by atoms with van der Waals surface area (Å²) >= 11 is 0. The van der Waals surface area contributed by atoms with Crippen LogP contribution in [-0.2, 0) is 9.59 Å². The highest BCUT2D eigenvalue weighted by atomic mass is 19.1. The van der Waals surface area contributed by atoms with Crippen molar-refractivity contribution in [3.63, 3.8) is 0 Å². The second-order valence-corrected chi connectivity index (χ2v) is 6.43. The van der Waals surface area contributed by atoms with Crippen molar-refractivity contribution in [2.45, 2.75) is 45.1 Å². The van der Waals surface area contributed by atoms with Crippen molar-refractivity contribution in [1.29, 1.82) is 0 Å². The minimum atomic E-state index is -0.887. The maximum atomic E-state index is 14.3. The summed E-state index contributed by atoms with van der Waals surface area (Å²) < 4.78 is 27.5. The van der Waals surface area contributed by atoms with Gasteiger partial charge in [-0.15, -0.1) is 0 Å². The zero-order chi connectivity index (χ0) is 17.4. The Bertz CT molecular complexity index is 723. The summed E-state index contributed by atoms with van der Waals surface area (Å²) in [5.74, 6) is -3.50. The molecule has 0 saturated heterocycles. The van der Waals surface area contributed by atoms with Crippen LogP contribution in [0.5, 0.6) is 0 Å². The summed E-state index contributed by atoms with van der Waals surface area (Å²) in [6.45, 7) is 1.29. The van der Waals surface area contributed by atoms with Gasteiger partial charge >= 0.3 is 0 Å². The zero-order valence-corrected chi connectivity index (χ0v) is 13.4. The lowest BCUT2D eigenvalue weighted by Crippen LogP contribution is -2.43. The lowest BCUT2D eigenvalue weighted by atomic mass is 9.80. The second kappa shape index (κ2) is 6.34. The number of Topliss-reactive ketones (excluding diaryl/α,β-unsaturated/α-hetero) is 1. The topological polar surface area (TPSA) is 57.6 Å². The molecule has 1 aliphatic heterocycles. The van der Waals surface area contributed by atoms with Gasteiger partial charge in [-0.1, -0.05) is 19.3 Å². The number of ketones is 1. The summed E-state index contributed by atoms with van der Waals surface area (Å²) in [4.78, 5) is 25.7. The molecule has 4 nitrogen and oxygen atoms in total. The molecule has 1 saturated carbocycles. The Morgan fingerprint density at radius 2 is 1.88 bits per heavy atom. The van der Waals surface area contributed by atoms with E-state index >= 15 is 0 Å². The number of hydrogen-bond acceptors (Lipinski definition) is 3. The summed E-state index contributed by atoms with van der Waals surface area (Å²) in [6.07, 6.45) is 4.58. The van der Waals surface area contributed by atoms with Gasteiger partial charge in [0.25, 0.3) is 5.91 Å². The van der Waals surface area contributed by atoms with E-state index in [9.17, 15) is 23.5 Å². The first-order valence-corrected chi connectivity index (χ1v) is 8.14. The van der Waals surface area contributed by atoms with Gasteiger partial charge in [0, 0.05) is 6.07 Å². The molecule has 1 atom stereocenters. The highest BCUT2D eigenvalue weighted by Crippen LogP contribution is 2.40. The average molecular weight is 335 g/mol. The van der Waals surface area contributed by atoms with Crippen LogP contribution in [0.1, 0.15) is 39.0 Å². The van der Waals surface area contributed by atoms with Gasteiger partial charge in [-0.05, 0) is 37.8 Å². The molecule has 1 amide bonds. The number of hydrogen-bond donors (Lipinski definition) is 1. The van der Waals surface area contributed by atoms with Crippen LogP contribution in [0, 0.1) is 17.6 Å². The third-order valence-electron chi connectivity index (χ3n) is 4.90. The minimum Gasteiger partial charge on any atom is -0.503 e. The van der Waals surface area contributed by atoms with Crippen LogP contribution >= 0.6 is 0 Å². The Balaban J connectivity index is 2.09. The smallest absolute Gasteiger partial charge is 0.294 e. The Hall–Kier alpha value is -2.24. The number of benzene rings is 1. The molecule has 1 aliphatic carbocycles. The molecule has 0 spiro atoms. The number of anilines is 1. The molecule has 1 heterocycles. The van der Waals surface area contributed by atoms with Crippen LogP contribution in [0.25, 0.3) is 0 Å². The number of carbonyl (C=O) groups is 2. The van der Waals surface area contributed by atoms with Crippen LogP contribution in [0.15, 0.2) is 29.5 Å². The lowest BCUT2D eigenvalue weighted by molar-refractivity contribution is -0.117. The molecule has 2 aliphatic rings. The quantitative estimate of drug-likeness (QED) is 0.917. The average Bonchev–Trinajstić information content (AvgIpc) is 2.81. The molecule has 128 valence electrons. The van der Waals surface area contributed by atoms with Crippen LogP contribution in [0.3, 0.4) is 0 Å². The monoisotopic (exact) mass is 335 g/mol. The fraction of sp³-hybridized carbons (Fsp3) is 0.444. The Morgan fingerprint density at radius 1 is 1.21 bits per heavy atom. The molecule has 1 unspecified atom stereocenters. The first kappa shape index (κ1) is 16.6. The summed E-state index contributed by atoms with van der Waals surface area (Å²) in [5.41, 5.74) is -0.0737. The summed E-state index contributed by atoms with van der Waals surface area (Å²) in [5, 5.41) is 10.2. The molecular weight excluding hydrogens is 316 g/mol. The van der Waals surface area contributed by atoms with E-state index in [0.717, 1.165) is 43.1 Å². The van der Waals surface area contributed by atoms with Crippen molar-refractivity contribution in [1.82, 2.24) is 0 Å². The Morgan fingerprint density at radius 3 is 2.46 bits per heavy atom. The fourth-order valence-corrected chi connectivity index (χ4v) is 3.83. The van der Waals surface area contributed by atoms with Crippen molar-refractivity contribution < 1.29 is 23.5 Å². The van der Waals surface area contributed by atoms with E-state index in [-0.39, 0.29) is 17.2 Å².